The third-order valence-electron chi connectivity index (χ3n) is 5.23. The minimum atomic E-state index is 0. The molecule has 3 fully saturated rings. The van der Waals surface area contributed by atoms with E-state index in [0.717, 1.165) is 39.3 Å². The summed E-state index contributed by atoms with van der Waals surface area (Å²) in [5.41, 5.74) is 0. The minimum absolute atomic E-state index is 0. The van der Waals surface area contributed by atoms with Crippen LogP contribution in [0.1, 0.15) is 0 Å². The van der Waals surface area contributed by atoms with Gasteiger partial charge in [-0.3, -0.25) is 9.80 Å². The molecule has 2 aliphatic carbocycles. The first-order valence-corrected chi connectivity index (χ1v) is 11.1. The Balaban J connectivity index is 0.00000341. The standard InChI is InChI=1S/C24H36N2O4.Fe/c1-2-6-23(5-1)21-25-9-13-27-17-19-29-15-11-26(22-24-7-3-4-8-24)12-16-30-20-18-28-14-10-25;/h1-8H,9-22H2;/q;+2. The molecule has 0 unspecified atom stereocenters. The summed E-state index contributed by atoms with van der Waals surface area (Å²) in [5.74, 6) is 2.66. The smallest absolute Gasteiger partial charge is 0.378 e. The van der Waals surface area contributed by atoms with E-state index in [1.165, 1.54) is 11.8 Å². The van der Waals surface area contributed by atoms with Crippen molar-refractivity contribution >= 4 is 0 Å². The Morgan fingerprint density at radius 3 is 1.06 bits per heavy atom. The van der Waals surface area contributed by atoms with Gasteiger partial charge in [-0.2, -0.15) is 0 Å². The van der Waals surface area contributed by atoms with Crippen molar-refractivity contribution in [1.82, 2.24) is 9.80 Å². The molecule has 0 aromatic heterocycles. The Morgan fingerprint density at radius 2 is 0.774 bits per heavy atom. The van der Waals surface area contributed by atoms with Gasteiger partial charge in [0.1, 0.15) is 0 Å². The third kappa shape index (κ3) is 12.4. The van der Waals surface area contributed by atoms with Crippen LogP contribution in [0.15, 0.2) is 0 Å². The van der Waals surface area contributed by atoms with E-state index < -0.39 is 0 Å². The van der Waals surface area contributed by atoms with Gasteiger partial charge in [-0.1, -0.05) is 0 Å². The molecule has 1 aliphatic heterocycles. The second-order valence-corrected chi connectivity index (χ2v) is 7.59. The molecule has 1 saturated heterocycles. The first kappa shape index (κ1) is 27.5. The van der Waals surface area contributed by atoms with E-state index in [9.17, 15) is 0 Å². The molecule has 6 nitrogen and oxygen atoms in total. The maximum atomic E-state index is 5.80. The molecule has 0 spiro atoms. The van der Waals surface area contributed by atoms with Gasteiger partial charge in [-0.05, 0) is 63.2 Å². The van der Waals surface area contributed by atoms with Crippen LogP contribution < -0.4 is 0 Å². The summed E-state index contributed by atoms with van der Waals surface area (Å²) in [6.07, 6.45) is 17.0. The average molecular weight is 472 g/mol. The van der Waals surface area contributed by atoms with Crippen LogP contribution in [0.3, 0.4) is 0 Å². The van der Waals surface area contributed by atoms with E-state index in [2.05, 4.69) is 61.2 Å². The first-order chi connectivity index (χ1) is 14.9. The van der Waals surface area contributed by atoms with E-state index in [0.29, 0.717) is 52.9 Å². The van der Waals surface area contributed by atoms with Crippen molar-refractivity contribution in [3.63, 3.8) is 0 Å². The van der Waals surface area contributed by atoms with Gasteiger partial charge in [-0.15, -0.1) is 0 Å². The summed E-state index contributed by atoms with van der Waals surface area (Å²) in [7, 11) is 0. The molecular formula is C24H36FeN2O4+2. The van der Waals surface area contributed by atoms with Crippen LogP contribution in [0.2, 0.25) is 0 Å². The number of hydrogen-bond acceptors (Lipinski definition) is 6. The molecule has 31 heavy (non-hydrogen) atoms. The second-order valence-electron chi connectivity index (χ2n) is 7.59. The number of rotatable bonds is 4. The summed E-state index contributed by atoms with van der Waals surface area (Å²) >= 11 is 0. The Morgan fingerprint density at radius 1 is 0.484 bits per heavy atom. The van der Waals surface area contributed by atoms with Crippen LogP contribution in [0.4, 0.5) is 0 Å². The summed E-state index contributed by atoms with van der Waals surface area (Å²) in [4.78, 5) is 4.75. The fraction of sp³-hybridized carbons (Fsp3) is 0.583. The van der Waals surface area contributed by atoms with Gasteiger partial charge in [0.15, 0.2) is 0 Å². The van der Waals surface area contributed by atoms with Crippen molar-refractivity contribution in [1.29, 1.82) is 0 Å². The fourth-order valence-corrected chi connectivity index (χ4v) is 3.51. The molecule has 0 bridgehead atoms. The van der Waals surface area contributed by atoms with Crippen LogP contribution >= 0.6 is 0 Å². The zero-order valence-electron chi connectivity index (χ0n) is 18.4. The SMILES string of the molecule is [CH]1[CH][CH][C](CN2CCOCCOCCN(C[C]3[CH][CH][CH][CH]3)CCOCCOCC2)[CH]1.[Fe+2]. The quantitative estimate of drug-likeness (QED) is 0.578. The molecule has 3 aliphatic rings. The topological polar surface area (TPSA) is 43.4 Å². The maximum absolute atomic E-state index is 5.80. The Bertz CT molecular complexity index is 362. The van der Waals surface area contributed by atoms with E-state index in [-0.39, 0.29) is 17.1 Å². The Kier molecular flexibility index (Phi) is 15.7. The summed E-state index contributed by atoms with van der Waals surface area (Å²) < 4.78 is 23.2. The molecule has 3 rings (SSSR count). The molecule has 7 heteroatoms. The van der Waals surface area contributed by atoms with Gasteiger partial charge in [0, 0.05) is 39.3 Å². The van der Waals surface area contributed by atoms with E-state index in [4.69, 9.17) is 18.9 Å². The molecule has 10 radical (unpaired) electrons. The van der Waals surface area contributed by atoms with Gasteiger partial charge in [-0.25, -0.2) is 0 Å². The van der Waals surface area contributed by atoms with Gasteiger partial charge < -0.3 is 18.9 Å². The van der Waals surface area contributed by atoms with Crippen LogP contribution in [-0.4, -0.2) is 102 Å². The monoisotopic (exact) mass is 472 g/mol. The Labute approximate surface area is 201 Å². The second kappa shape index (κ2) is 17.7. The van der Waals surface area contributed by atoms with Gasteiger partial charge in [0.2, 0.25) is 0 Å². The third-order valence-corrected chi connectivity index (χ3v) is 5.23. The van der Waals surface area contributed by atoms with Crippen molar-refractivity contribution in [2.75, 3.05) is 92.1 Å². The predicted molar refractivity (Wildman–Crippen MR) is 117 cm³/mol. The van der Waals surface area contributed by atoms with E-state index in [1.807, 2.05) is 0 Å². The molecule has 0 aromatic rings. The number of ether oxygens (including phenoxy) is 4. The van der Waals surface area contributed by atoms with Crippen LogP contribution in [0, 0.1) is 63.2 Å². The Hall–Kier alpha value is 0.279. The fourth-order valence-electron chi connectivity index (χ4n) is 3.51. The van der Waals surface area contributed by atoms with Gasteiger partial charge in [0.25, 0.3) is 0 Å². The van der Waals surface area contributed by atoms with Gasteiger partial charge in [0.05, 0.1) is 52.9 Å². The minimum Gasteiger partial charge on any atom is -0.378 e. The first-order valence-electron chi connectivity index (χ1n) is 11.1. The zero-order chi connectivity index (χ0) is 20.7. The normalized spacial score (nSPS) is 26.3. The van der Waals surface area contributed by atoms with Gasteiger partial charge >= 0.3 is 17.1 Å². The van der Waals surface area contributed by atoms with E-state index >= 15 is 0 Å². The summed E-state index contributed by atoms with van der Waals surface area (Å²) in [6, 6.07) is 0. The average Bonchev–Trinajstić information content (AvgIpc) is 3.45. The molecule has 0 atom stereocenters. The summed E-state index contributed by atoms with van der Waals surface area (Å²) in [6.45, 7) is 10.7. The summed E-state index contributed by atoms with van der Waals surface area (Å²) in [5, 5.41) is 0. The largest absolute Gasteiger partial charge is 2.00 e. The molecular weight excluding hydrogens is 436 g/mol. The molecule has 0 aromatic carbocycles. The molecule has 1 heterocycles. The van der Waals surface area contributed by atoms with Crippen LogP contribution in [-0.2, 0) is 36.0 Å². The number of nitrogens with zero attached hydrogens (tertiary/aromatic N) is 2. The van der Waals surface area contributed by atoms with Crippen molar-refractivity contribution in [3.8, 4) is 0 Å². The maximum Gasteiger partial charge on any atom is 2.00 e. The zero-order valence-corrected chi connectivity index (χ0v) is 19.5. The van der Waals surface area contributed by atoms with Crippen molar-refractivity contribution in [3.05, 3.63) is 63.2 Å². The number of hydrogen-bond donors (Lipinski definition) is 0. The van der Waals surface area contributed by atoms with Crippen LogP contribution in [0.25, 0.3) is 0 Å². The van der Waals surface area contributed by atoms with Crippen molar-refractivity contribution in [2.24, 2.45) is 0 Å². The molecule has 0 amide bonds. The van der Waals surface area contributed by atoms with Crippen LogP contribution in [0.5, 0.6) is 0 Å². The van der Waals surface area contributed by atoms with Crippen molar-refractivity contribution in [2.45, 2.75) is 0 Å². The molecule has 172 valence electrons. The predicted octanol–water partition coefficient (Wildman–Crippen LogP) is 1.48. The molecule has 0 N–H and O–H groups in total. The van der Waals surface area contributed by atoms with E-state index in [1.54, 1.807) is 0 Å². The molecule has 2 saturated carbocycles. The van der Waals surface area contributed by atoms with Crippen molar-refractivity contribution < 1.29 is 36.0 Å².